The second kappa shape index (κ2) is 6.14. The van der Waals surface area contributed by atoms with E-state index in [0.29, 0.717) is 6.61 Å². The zero-order valence-corrected chi connectivity index (χ0v) is 11.7. The first kappa shape index (κ1) is 13.3. The summed E-state index contributed by atoms with van der Waals surface area (Å²) in [5.74, 6) is 0.897. The average Bonchev–Trinajstić information content (AvgIpc) is 2.42. The van der Waals surface area contributed by atoms with Crippen LogP contribution in [0, 0.1) is 0 Å². The van der Waals surface area contributed by atoms with Crippen molar-refractivity contribution in [1.29, 1.82) is 0 Å². The maximum Gasteiger partial charge on any atom is 0.119 e. The van der Waals surface area contributed by atoms with Crippen LogP contribution in [0.2, 0.25) is 0 Å². The van der Waals surface area contributed by atoms with Crippen molar-refractivity contribution >= 4 is 17.1 Å². The number of anilines is 3. The molecule has 0 aromatic heterocycles. The van der Waals surface area contributed by atoms with Crippen LogP contribution in [0.25, 0.3) is 0 Å². The summed E-state index contributed by atoms with van der Waals surface area (Å²) < 4.78 is 5.44. The first-order valence-corrected chi connectivity index (χ1v) is 6.47. The molecular weight excluding hydrogens is 236 g/mol. The maximum absolute atomic E-state index is 5.44. The highest BCUT2D eigenvalue weighted by Gasteiger charge is 2.03. The number of rotatable bonds is 5. The smallest absolute Gasteiger partial charge is 0.119 e. The Balaban J connectivity index is 2.17. The Bertz CT molecular complexity index is 521. The van der Waals surface area contributed by atoms with Gasteiger partial charge in [-0.2, -0.15) is 0 Å². The van der Waals surface area contributed by atoms with Gasteiger partial charge in [0.2, 0.25) is 0 Å². The predicted octanol–water partition coefficient (Wildman–Crippen LogP) is 3.89. The highest BCUT2D eigenvalue weighted by Crippen LogP contribution is 2.27. The van der Waals surface area contributed by atoms with Gasteiger partial charge in [-0.3, -0.25) is 0 Å². The molecule has 19 heavy (non-hydrogen) atoms. The summed E-state index contributed by atoms with van der Waals surface area (Å²) in [4.78, 5) is 2.09. The van der Waals surface area contributed by atoms with Crippen LogP contribution in [0.1, 0.15) is 6.92 Å². The molecule has 0 heterocycles. The number of nitrogens with zero attached hydrogens (tertiary/aromatic N) is 1. The predicted molar refractivity (Wildman–Crippen MR) is 81.7 cm³/mol. The summed E-state index contributed by atoms with van der Waals surface area (Å²) in [6.07, 6.45) is 0. The minimum atomic E-state index is 0.691. The molecule has 0 saturated carbocycles. The minimum absolute atomic E-state index is 0.691. The third kappa shape index (κ3) is 3.41. The summed E-state index contributed by atoms with van der Waals surface area (Å²) in [6, 6.07) is 16.2. The Morgan fingerprint density at radius 1 is 1.00 bits per heavy atom. The number of hydrogen-bond donors (Lipinski definition) is 1. The molecule has 3 heteroatoms. The second-order valence-electron chi connectivity index (χ2n) is 4.49. The molecule has 0 fully saturated rings. The lowest BCUT2D eigenvalue weighted by atomic mass is 10.2. The number of ether oxygens (including phenoxy) is 1. The standard InChI is InChI=1S/C16H20N2O/c1-4-19-14-11-9-13(10-12-14)17-15-7-5-6-8-16(15)18(2)3/h5-12,17H,4H2,1-3H3. The Morgan fingerprint density at radius 3 is 2.32 bits per heavy atom. The van der Waals surface area contributed by atoms with E-state index in [1.807, 2.05) is 57.4 Å². The molecule has 0 unspecified atom stereocenters. The zero-order valence-electron chi connectivity index (χ0n) is 11.7. The van der Waals surface area contributed by atoms with Crippen molar-refractivity contribution in [3.63, 3.8) is 0 Å². The molecule has 2 aromatic rings. The van der Waals surface area contributed by atoms with Gasteiger partial charge in [0.05, 0.1) is 18.0 Å². The normalized spacial score (nSPS) is 10.1. The van der Waals surface area contributed by atoms with Gasteiger partial charge in [-0.1, -0.05) is 12.1 Å². The van der Waals surface area contributed by atoms with Gasteiger partial charge in [0.25, 0.3) is 0 Å². The fourth-order valence-corrected chi connectivity index (χ4v) is 1.93. The van der Waals surface area contributed by atoms with Crippen LogP contribution in [0.15, 0.2) is 48.5 Å². The Kier molecular flexibility index (Phi) is 4.29. The molecule has 0 atom stereocenters. The maximum atomic E-state index is 5.44. The van der Waals surface area contributed by atoms with E-state index >= 15 is 0 Å². The summed E-state index contributed by atoms with van der Waals surface area (Å²) >= 11 is 0. The van der Waals surface area contributed by atoms with Gasteiger partial charge in [0.15, 0.2) is 0 Å². The van der Waals surface area contributed by atoms with E-state index < -0.39 is 0 Å². The highest BCUT2D eigenvalue weighted by molar-refractivity contribution is 5.74. The monoisotopic (exact) mass is 256 g/mol. The van der Waals surface area contributed by atoms with Crippen molar-refractivity contribution in [3.8, 4) is 5.75 Å². The van der Waals surface area contributed by atoms with E-state index in [1.54, 1.807) is 0 Å². The molecule has 0 aliphatic rings. The van der Waals surface area contributed by atoms with E-state index in [-0.39, 0.29) is 0 Å². The van der Waals surface area contributed by atoms with Crippen LogP contribution in [0.4, 0.5) is 17.1 Å². The van der Waals surface area contributed by atoms with Gasteiger partial charge in [-0.05, 0) is 43.3 Å². The van der Waals surface area contributed by atoms with Crippen molar-refractivity contribution in [2.75, 3.05) is 30.9 Å². The van der Waals surface area contributed by atoms with Crippen molar-refractivity contribution in [2.45, 2.75) is 6.92 Å². The third-order valence-corrected chi connectivity index (χ3v) is 2.83. The van der Waals surface area contributed by atoms with E-state index in [4.69, 9.17) is 4.74 Å². The molecule has 0 radical (unpaired) electrons. The quantitative estimate of drug-likeness (QED) is 0.878. The van der Waals surface area contributed by atoms with E-state index in [2.05, 4.69) is 22.3 Å². The molecule has 0 aliphatic heterocycles. The SMILES string of the molecule is CCOc1ccc(Nc2ccccc2N(C)C)cc1. The van der Waals surface area contributed by atoms with Crippen LogP contribution >= 0.6 is 0 Å². The fraction of sp³-hybridized carbons (Fsp3) is 0.250. The molecular formula is C16H20N2O. The van der Waals surface area contributed by atoms with E-state index in [0.717, 1.165) is 22.8 Å². The first-order chi connectivity index (χ1) is 9.20. The average molecular weight is 256 g/mol. The third-order valence-electron chi connectivity index (χ3n) is 2.83. The van der Waals surface area contributed by atoms with Crippen LogP contribution in [-0.4, -0.2) is 20.7 Å². The van der Waals surface area contributed by atoms with Crippen LogP contribution in [-0.2, 0) is 0 Å². The van der Waals surface area contributed by atoms with E-state index in [9.17, 15) is 0 Å². The second-order valence-corrected chi connectivity index (χ2v) is 4.49. The van der Waals surface area contributed by atoms with Gasteiger partial charge in [0.1, 0.15) is 5.75 Å². The lowest BCUT2D eigenvalue weighted by Crippen LogP contribution is -2.10. The number of para-hydroxylation sites is 2. The molecule has 0 saturated heterocycles. The summed E-state index contributed by atoms with van der Waals surface area (Å²) in [7, 11) is 4.08. The number of hydrogen-bond acceptors (Lipinski definition) is 3. The lowest BCUT2D eigenvalue weighted by Gasteiger charge is -2.18. The zero-order chi connectivity index (χ0) is 13.7. The van der Waals surface area contributed by atoms with Crippen molar-refractivity contribution in [2.24, 2.45) is 0 Å². The molecule has 2 aromatic carbocycles. The molecule has 0 amide bonds. The summed E-state index contributed by atoms with van der Waals surface area (Å²) in [5, 5.41) is 3.43. The van der Waals surface area contributed by atoms with Crippen LogP contribution < -0.4 is 15.0 Å². The minimum Gasteiger partial charge on any atom is -0.494 e. The largest absolute Gasteiger partial charge is 0.494 e. The summed E-state index contributed by atoms with van der Waals surface area (Å²) in [6.45, 7) is 2.68. The fourth-order valence-electron chi connectivity index (χ4n) is 1.93. The van der Waals surface area contributed by atoms with Crippen molar-refractivity contribution in [1.82, 2.24) is 0 Å². The van der Waals surface area contributed by atoms with Crippen molar-refractivity contribution < 1.29 is 4.74 Å². The Morgan fingerprint density at radius 2 is 1.68 bits per heavy atom. The molecule has 0 bridgehead atoms. The lowest BCUT2D eigenvalue weighted by molar-refractivity contribution is 0.340. The van der Waals surface area contributed by atoms with Crippen molar-refractivity contribution in [3.05, 3.63) is 48.5 Å². The molecule has 100 valence electrons. The molecule has 0 spiro atoms. The molecule has 3 nitrogen and oxygen atoms in total. The van der Waals surface area contributed by atoms with Gasteiger partial charge in [0, 0.05) is 19.8 Å². The first-order valence-electron chi connectivity index (χ1n) is 6.47. The van der Waals surface area contributed by atoms with Gasteiger partial charge in [-0.15, -0.1) is 0 Å². The number of benzene rings is 2. The van der Waals surface area contributed by atoms with Crippen LogP contribution in [0.3, 0.4) is 0 Å². The Hall–Kier alpha value is -2.16. The Labute approximate surface area is 114 Å². The topological polar surface area (TPSA) is 24.5 Å². The van der Waals surface area contributed by atoms with Gasteiger partial charge >= 0.3 is 0 Å². The summed E-state index contributed by atoms with van der Waals surface area (Å²) in [5.41, 5.74) is 3.31. The highest BCUT2D eigenvalue weighted by atomic mass is 16.5. The van der Waals surface area contributed by atoms with E-state index in [1.165, 1.54) is 0 Å². The van der Waals surface area contributed by atoms with Crippen LogP contribution in [0.5, 0.6) is 5.75 Å². The van der Waals surface area contributed by atoms with Gasteiger partial charge < -0.3 is 15.0 Å². The number of nitrogens with one attached hydrogen (secondary N) is 1. The van der Waals surface area contributed by atoms with Gasteiger partial charge in [-0.25, -0.2) is 0 Å². The molecule has 2 rings (SSSR count). The molecule has 1 N–H and O–H groups in total. The molecule has 0 aliphatic carbocycles.